The van der Waals surface area contributed by atoms with Gasteiger partial charge in [0.15, 0.2) is 0 Å². The first-order valence-electron chi connectivity index (χ1n) is 5.34. The Morgan fingerprint density at radius 3 is 2.67 bits per heavy atom. The van der Waals surface area contributed by atoms with Crippen LogP contribution in [0, 0.1) is 0 Å². The second-order valence-electron chi connectivity index (χ2n) is 3.81. The second-order valence-corrected chi connectivity index (χ2v) is 5.51. The maximum absolute atomic E-state index is 11.7. The Hall–Kier alpha value is -1.38. The Balaban J connectivity index is 2.60. The maximum Gasteiger partial charge on any atom is 0.371 e. The number of aromatic carboxylic acids is 1. The molecule has 0 bridgehead atoms. The minimum atomic E-state index is -3.83. The van der Waals surface area contributed by atoms with Crippen molar-refractivity contribution in [1.29, 1.82) is 0 Å². The molecule has 102 valence electrons. The number of aliphatic hydroxyl groups excluding tert-OH is 1. The molecule has 7 nitrogen and oxygen atoms in total. The molecule has 0 aliphatic carbocycles. The van der Waals surface area contributed by atoms with Gasteiger partial charge in [0, 0.05) is 6.54 Å². The Morgan fingerprint density at radius 2 is 2.17 bits per heavy atom. The zero-order chi connectivity index (χ0) is 13.8. The Morgan fingerprint density at radius 1 is 1.50 bits per heavy atom. The fourth-order valence-electron chi connectivity index (χ4n) is 1.25. The summed E-state index contributed by atoms with van der Waals surface area (Å²) in [5.41, 5.74) is 0. The summed E-state index contributed by atoms with van der Waals surface area (Å²) in [6.07, 6.45) is 0.460. The summed E-state index contributed by atoms with van der Waals surface area (Å²) < 4.78 is 30.3. The van der Waals surface area contributed by atoms with Crippen molar-refractivity contribution >= 4 is 16.0 Å². The standard InChI is InChI=1S/C10H15NO6S/c1-7(12)3-2-6-11-18(15,16)9-5-4-8(17-9)10(13)14/h4-5,7,11-12H,2-3,6H2,1H3,(H,13,14). The summed E-state index contributed by atoms with van der Waals surface area (Å²) in [6, 6.07) is 2.16. The lowest BCUT2D eigenvalue weighted by Gasteiger charge is -2.05. The third-order valence-corrected chi connectivity index (χ3v) is 3.48. The van der Waals surface area contributed by atoms with E-state index in [2.05, 4.69) is 9.14 Å². The van der Waals surface area contributed by atoms with Crippen molar-refractivity contribution in [3.63, 3.8) is 0 Å². The highest BCUT2D eigenvalue weighted by Gasteiger charge is 2.20. The molecule has 0 aliphatic rings. The number of aliphatic hydroxyl groups is 1. The normalized spacial score (nSPS) is 13.4. The summed E-state index contributed by atoms with van der Waals surface area (Å²) in [4.78, 5) is 10.5. The fourth-order valence-corrected chi connectivity index (χ4v) is 2.26. The van der Waals surface area contributed by atoms with E-state index in [4.69, 9.17) is 10.2 Å². The van der Waals surface area contributed by atoms with E-state index in [9.17, 15) is 13.2 Å². The molecule has 0 amide bonds. The van der Waals surface area contributed by atoms with Gasteiger partial charge < -0.3 is 14.6 Å². The number of carboxylic acids is 1. The van der Waals surface area contributed by atoms with Crippen LogP contribution >= 0.6 is 0 Å². The predicted octanol–water partition coefficient (Wildman–Crippen LogP) is 0.417. The smallest absolute Gasteiger partial charge is 0.371 e. The summed E-state index contributed by atoms with van der Waals surface area (Å²) in [6.45, 7) is 1.76. The van der Waals surface area contributed by atoms with E-state index < -0.39 is 32.9 Å². The first-order valence-corrected chi connectivity index (χ1v) is 6.82. The Kier molecular flexibility index (Phi) is 4.88. The van der Waals surface area contributed by atoms with Crippen LogP contribution in [0.1, 0.15) is 30.3 Å². The summed E-state index contributed by atoms with van der Waals surface area (Å²) in [7, 11) is -3.83. The van der Waals surface area contributed by atoms with Gasteiger partial charge in [0.25, 0.3) is 10.0 Å². The number of rotatable bonds is 7. The summed E-state index contributed by atoms with van der Waals surface area (Å²) >= 11 is 0. The van der Waals surface area contributed by atoms with Crippen molar-refractivity contribution in [1.82, 2.24) is 4.72 Å². The highest BCUT2D eigenvalue weighted by atomic mass is 32.2. The number of hydrogen-bond donors (Lipinski definition) is 3. The van der Waals surface area contributed by atoms with Crippen LogP contribution in [0.3, 0.4) is 0 Å². The predicted molar refractivity (Wildman–Crippen MR) is 61.8 cm³/mol. The number of carboxylic acid groups (broad SMARTS) is 1. The van der Waals surface area contributed by atoms with Crippen molar-refractivity contribution in [2.45, 2.75) is 31.0 Å². The van der Waals surface area contributed by atoms with Gasteiger partial charge in [-0.05, 0) is 31.9 Å². The molecule has 1 atom stereocenters. The lowest BCUT2D eigenvalue weighted by molar-refractivity contribution is 0.0656. The maximum atomic E-state index is 11.7. The third-order valence-electron chi connectivity index (χ3n) is 2.15. The van der Waals surface area contributed by atoms with Crippen molar-refractivity contribution in [3.8, 4) is 0 Å². The molecule has 1 aromatic rings. The molecule has 3 N–H and O–H groups in total. The van der Waals surface area contributed by atoms with Gasteiger partial charge >= 0.3 is 5.97 Å². The molecule has 0 aromatic carbocycles. The molecule has 1 aromatic heterocycles. The van der Waals surface area contributed by atoms with Crippen LogP contribution in [-0.4, -0.2) is 37.2 Å². The van der Waals surface area contributed by atoms with Gasteiger partial charge in [-0.15, -0.1) is 0 Å². The van der Waals surface area contributed by atoms with Gasteiger partial charge in [0.05, 0.1) is 6.10 Å². The molecule has 0 spiro atoms. The highest BCUT2D eigenvalue weighted by Crippen LogP contribution is 2.13. The monoisotopic (exact) mass is 277 g/mol. The van der Waals surface area contributed by atoms with Gasteiger partial charge in [0.2, 0.25) is 10.9 Å². The van der Waals surface area contributed by atoms with E-state index in [-0.39, 0.29) is 6.54 Å². The quantitative estimate of drug-likeness (QED) is 0.622. The van der Waals surface area contributed by atoms with E-state index in [1.54, 1.807) is 6.92 Å². The van der Waals surface area contributed by atoms with Crippen molar-refractivity contribution < 1.29 is 27.8 Å². The van der Waals surface area contributed by atoms with Gasteiger partial charge in [-0.3, -0.25) is 0 Å². The minimum absolute atomic E-state index is 0.149. The average molecular weight is 277 g/mol. The molecule has 0 radical (unpaired) electrons. The topological polar surface area (TPSA) is 117 Å². The molecule has 0 aliphatic heterocycles. The first-order chi connectivity index (χ1) is 8.33. The van der Waals surface area contributed by atoms with Crippen LogP contribution in [0.2, 0.25) is 0 Å². The van der Waals surface area contributed by atoms with E-state index in [1.807, 2.05) is 0 Å². The second kappa shape index (κ2) is 5.98. The summed E-state index contributed by atoms with van der Waals surface area (Å²) in [5.74, 6) is -1.76. The molecule has 0 saturated carbocycles. The van der Waals surface area contributed by atoms with Gasteiger partial charge in [-0.25, -0.2) is 17.9 Å². The molecule has 1 rings (SSSR count). The molecular formula is C10H15NO6S. The average Bonchev–Trinajstić information content (AvgIpc) is 2.74. The van der Waals surface area contributed by atoms with E-state index >= 15 is 0 Å². The van der Waals surface area contributed by atoms with Crippen LogP contribution in [-0.2, 0) is 10.0 Å². The molecule has 1 unspecified atom stereocenters. The van der Waals surface area contributed by atoms with E-state index in [0.29, 0.717) is 12.8 Å². The van der Waals surface area contributed by atoms with E-state index in [0.717, 1.165) is 12.1 Å². The number of hydrogen-bond acceptors (Lipinski definition) is 5. The van der Waals surface area contributed by atoms with Crippen LogP contribution < -0.4 is 4.72 Å². The SMILES string of the molecule is CC(O)CCCNS(=O)(=O)c1ccc(C(=O)O)o1. The van der Waals surface area contributed by atoms with Crippen LogP contribution in [0.5, 0.6) is 0 Å². The summed E-state index contributed by atoms with van der Waals surface area (Å²) in [5, 5.41) is 17.2. The van der Waals surface area contributed by atoms with Crippen LogP contribution in [0.4, 0.5) is 0 Å². The van der Waals surface area contributed by atoms with Crippen molar-refractivity contribution in [2.24, 2.45) is 0 Å². The number of furan rings is 1. The van der Waals surface area contributed by atoms with Gasteiger partial charge in [-0.2, -0.15) is 0 Å². The molecule has 0 fully saturated rings. The lowest BCUT2D eigenvalue weighted by atomic mass is 10.2. The van der Waals surface area contributed by atoms with Gasteiger partial charge in [-0.1, -0.05) is 0 Å². The zero-order valence-corrected chi connectivity index (χ0v) is 10.6. The van der Waals surface area contributed by atoms with Crippen molar-refractivity contribution in [2.75, 3.05) is 6.54 Å². The highest BCUT2D eigenvalue weighted by molar-refractivity contribution is 7.89. The van der Waals surface area contributed by atoms with E-state index in [1.165, 1.54) is 0 Å². The zero-order valence-electron chi connectivity index (χ0n) is 9.79. The van der Waals surface area contributed by atoms with Gasteiger partial charge in [0.1, 0.15) is 0 Å². The van der Waals surface area contributed by atoms with Crippen LogP contribution in [0.25, 0.3) is 0 Å². The van der Waals surface area contributed by atoms with Crippen LogP contribution in [0.15, 0.2) is 21.6 Å². The lowest BCUT2D eigenvalue weighted by Crippen LogP contribution is -2.25. The molecular weight excluding hydrogens is 262 g/mol. The molecule has 1 heterocycles. The minimum Gasteiger partial charge on any atom is -0.475 e. The fraction of sp³-hybridized carbons (Fsp3) is 0.500. The molecule has 18 heavy (non-hydrogen) atoms. The Labute approximate surface area is 104 Å². The number of sulfonamides is 1. The first kappa shape index (κ1) is 14.7. The third kappa shape index (κ3) is 4.13. The van der Waals surface area contributed by atoms with Crippen molar-refractivity contribution in [3.05, 3.63) is 17.9 Å². The largest absolute Gasteiger partial charge is 0.475 e. The number of nitrogens with one attached hydrogen (secondary N) is 1. The molecule has 0 saturated heterocycles. The Bertz CT molecular complexity index is 504. The number of carbonyl (C=O) groups is 1. The molecule has 8 heteroatoms.